The molecule has 0 aliphatic carbocycles. The number of hydrogen-bond donors (Lipinski definition) is 2. The molecule has 0 atom stereocenters. The lowest BCUT2D eigenvalue weighted by Gasteiger charge is -1.87. The van der Waals surface area contributed by atoms with Crippen molar-refractivity contribution in [2.75, 3.05) is 14.1 Å². The fourth-order valence-electron chi connectivity index (χ4n) is 0.288. The van der Waals surface area contributed by atoms with Crippen LogP contribution in [0.1, 0.15) is 0 Å². The molecule has 0 rings (SSSR count). The van der Waals surface area contributed by atoms with E-state index in [9.17, 15) is 4.79 Å². The van der Waals surface area contributed by atoms with Crippen LogP contribution in [-0.2, 0) is 4.79 Å². The number of nitrogens with zero attached hydrogens (tertiary/aromatic N) is 3. The third kappa shape index (κ3) is 3.53. The van der Waals surface area contributed by atoms with E-state index in [0.29, 0.717) is 6.29 Å². The first-order valence-electron chi connectivity index (χ1n) is 2.62. The lowest BCUT2D eigenvalue weighted by molar-refractivity contribution is -0.102. The van der Waals surface area contributed by atoms with Gasteiger partial charge in [-0.3, -0.25) is 10.2 Å². The Labute approximate surface area is 58.4 Å². The number of nitrogens with one attached hydrogen (secondary N) is 2. The second-order valence-electron chi connectivity index (χ2n) is 1.24. The highest BCUT2D eigenvalue weighted by Crippen LogP contribution is 1.73. The van der Waals surface area contributed by atoms with Crippen molar-refractivity contribution in [3.63, 3.8) is 0 Å². The smallest absolute Gasteiger partial charge is 0.234 e. The van der Waals surface area contributed by atoms with Crippen LogP contribution in [0.5, 0.6) is 0 Å². The van der Waals surface area contributed by atoms with Crippen LogP contribution in [0.25, 0.3) is 0 Å². The largest absolute Gasteiger partial charge is 0.311 e. The molecule has 10 heavy (non-hydrogen) atoms. The molecule has 6 heteroatoms. The summed E-state index contributed by atoms with van der Waals surface area (Å²) < 4.78 is 0. The summed E-state index contributed by atoms with van der Waals surface area (Å²) in [4.78, 5) is 10.0. The van der Waals surface area contributed by atoms with Gasteiger partial charge in [-0.2, -0.15) is 5.10 Å². The first-order valence-corrected chi connectivity index (χ1v) is 2.62. The number of aldehydes is 1. The molecule has 2 N–H and O–H groups in total. The van der Waals surface area contributed by atoms with E-state index in [1.54, 1.807) is 14.1 Å². The number of carbonyl (C=O) groups is 1. The molecule has 0 aromatic carbocycles. The Morgan fingerprint density at radius 1 is 1.40 bits per heavy atom. The van der Waals surface area contributed by atoms with Crippen LogP contribution in [0.15, 0.2) is 15.4 Å². The van der Waals surface area contributed by atoms with Gasteiger partial charge in [0.15, 0.2) is 6.29 Å². The van der Waals surface area contributed by atoms with E-state index in [-0.39, 0.29) is 5.84 Å². The van der Waals surface area contributed by atoms with Gasteiger partial charge < -0.3 is 5.43 Å². The lowest BCUT2D eigenvalue weighted by Crippen LogP contribution is -2.04. The van der Waals surface area contributed by atoms with E-state index >= 15 is 0 Å². The van der Waals surface area contributed by atoms with E-state index in [4.69, 9.17) is 0 Å². The second kappa shape index (κ2) is 5.67. The Bertz CT molecular complexity index is 152. The fourth-order valence-corrected chi connectivity index (χ4v) is 0.288. The molecule has 56 valence electrons. The van der Waals surface area contributed by atoms with Gasteiger partial charge in [-0.1, -0.05) is 5.22 Å². The minimum Gasteiger partial charge on any atom is -0.311 e. The van der Waals surface area contributed by atoms with E-state index in [0.717, 1.165) is 0 Å². The average Bonchev–Trinajstić information content (AvgIpc) is 1.98. The Hall–Kier alpha value is -1.46. The van der Waals surface area contributed by atoms with Crippen LogP contribution >= 0.6 is 0 Å². The molecule has 0 fully saturated rings. The summed E-state index contributed by atoms with van der Waals surface area (Å²) >= 11 is 0. The Balaban J connectivity index is 3.94. The Morgan fingerprint density at radius 3 is 2.50 bits per heavy atom. The van der Waals surface area contributed by atoms with Crippen molar-refractivity contribution in [2.24, 2.45) is 15.4 Å². The van der Waals surface area contributed by atoms with Gasteiger partial charge in [-0.05, 0) is 0 Å². The molecule has 0 aliphatic heterocycles. The molecule has 0 saturated carbocycles. The van der Waals surface area contributed by atoms with Crippen LogP contribution in [-0.4, -0.2) is 26.2 Å². The minimum atomic E-state index is -0.00292. The number of carbonyl (C=O) groups excluding carboxylic acids is 1. The van der Waals surface area contributed by atoms with Crippen molar-refractivity contribution in [2.45, 2.75) is 0 Å². The van der Waals surface area contributed by atoms with E-state index in [1.165, 1.54) is 0 Å². The van der Waals surface area contributed by atoms with E-state index in [2.05, 4.69) is 26.3 Å². The molecule has 0 bridgehead atoms. The van der Waals surface area contributed by atoms with Crippen molar-refractivity contribution in [1.82, 2.24) is 10.9 Å². The average molecular weight is 143 g/mol. The maximum Gasteiger partial charge on any atom is 0.234 e. The molecule has 0 radical (unpaired) electrons. The van der Waals surface area contributed by atoms with Crippen molar-refractivity contribution >= 4 is 12.1 Å². The van der Waals surface area contributed by atoms with Crippen LogP contribution in [0.4, 0.5) is 0 Å². The first-order chi connectivity index (χ1) is 4.85. The molecule has 0 amide bonds. The third-order valence-electron chi connectivity index (χ3n) is 0.584. The van der Waals surface area contributed by atoms with Gasteiger partial charge in [0.1, 0.15) is 0 Å². The van der Waals surface area contributed by atoms with Gasteiger partial charge in [-0.15, -0.1) is 5.11 Å². The number of hydrazone groups is 1. The molecule has 0 heterocycles. The van der Waals surface area contributed by atoms with Crippen molar-refractivity contribution in [1.29, 1.82) is 0 Å². The molecule has 0 saturated heterocycles. The summed E-state index contributed by atoms with van der Waals surface area (Å²) in [6, 6.07) is 0. The monoisotopic (exact) mass is 143 g/mol. The lowest BCUT2D eigenvalue weighted by atomic mass is 10.7. The van der Waals surface area contributed by atoms with Gasteiger partial charge in [0.05, 0.1) is 0 Å². The summed E-state index contributed by atoms with van der Waals surface area (Å²) in [5.74, 6) is -0.00292. The summed E-state index contributed by atoms with van der Waals surface area (Å²) in [5, 5.41) is 10.2. The zero-order valence-electron chi connectivity index (χ0n) is 5.83. The predicted octanol–water partition coefficient (Wildman–Crippen LogP) is -0.695. The maximum absolute atomic E-state index is 10.0. The molecular formula is C4H9N5O. The van der Waals surface area contributed by atoms with Gasteiger partial charge in [0, 0.05) is 14.1 Å². The van der Waals surface area contributed by atoms with Gasteiger partial charge in [0.2, 0.25) is 5.84 Å². The Morgan fingerprint density at radius 2 is 2.10 bits per heavy atom. The minimum absolute atomic E-state index is 0.00292. The summed E-state index contributed by atoms with van der Waals surface area (Å²) in [7, 11) is 3.14. The second-order valence-corrected chi connectivity index (χ2v) is 1.24. The predicted molar refractivity (Wildman–Crippen MR) is 36.5 cm³/mol. The molecule has 0 aliphatic rings. The summed E-state index contributed by atoms with van der Waals surface area (Å²) in [6.45, 7) is 0. The summed E-state index contributed by atoms with van der Waals surface area (Å²) in [6.07, 6.45) is 0.497. The number of rotatable bonds is 3. The van der Waals surface area contributed by atoms with Gasteiger partial charge in [0.25, 0.3) is 0 Å². The van der Waals surface area contributed by atoms with Crippen LogP contribution in [0, 0.1) is 0 Å². The van der Waals surface area contributed by atoms with Crippen LogP contribution < -0.4 is 10.9 Å². The van der Waals surface area contributed by atoms with Crippen molar-refractivity contribution in [3.8, 4) is 0 Å². The van der Waals surface area contributed by atoms with Gasteiger partial charge in [-0.25, -0.2) is 0 Å². The SMILES string of the molecule is CN/N=N\C(C=O)=N/NC. The Kier molecular flexibility index (Phi) is 4.84. The fraction of sp³-hybridized carbons (Fsp3) is 0.500. The highest BCUT2D eigenvalue weighted by molar-refractivity contribution is 6.27. The highest BCUT2D eigenvalue weighted by Gasteiger charge is 1.89. The van der Waals surface area contributed by atoms with Crippen molar-refractivity contribution in [3.05, 3.63) is 0 Å². The molecule has 6 nitrogen and oxygen atoms in total. The first kappa shape index (κ1) is 8.54. The van der Waals surface area contributed by atoms with E-state index in [1.807, 2.05) is 0 Å². The van der Waals surface area contributed by atoms with Gasteiger partial charge >= 0.3 is 0 Å². The number of hydrogen-bond acceptors (Lipinski definition) is 4. The van der Waals surface area contributed by atoms with Crippen molar-refractivity contribution < 1.29 is 4.79 Å². The normalized spacial score (nSPS) is 11.6. The van der Waals surface area contributed by atoms with Crippen LogP contribution in [0.3, 0.4) is 0 Å². The highest BCUT2D eigenvalue weighted by atomic mass is 16.1. The van der Waals surface area contributed by atoms with Crippen LogP contribution in [0.2, 0.25) is 0 Å². The molecular weight excluding hydrogens is 134 g/mol. The zero-order chi connectivity index (χ0) is 7.82. The third-order valence-corrected chi connectivity index (χ3v) is 0.584. The molecule has 0 aromatic rings. The quantitative estimate of drug-likeness (QED) is 0.180. The zero-order valence-corrected chi connectivity index (χ0v) is 5.83. The molecule has 0 unspecified atom stereocenters. The standard InChI is InChI=1S/C4H9N5O/c1-5-7-4(3-10)8-9-6-2/h3,5H,1-2H3,(H,6,7,8). The summed E-state index contributed by atoms with van der Waals surface area (Å²) in [5.41, 5.74) is 4.78. The molecule has 0 aromatic heterocycles. The number of amidine groups is 1. The molecule has 0 spiro atoms. The topological polar surface area (TPSA) is 78.2 Å². The van der Waals surface area contributed by atoms with E-state index < -0.39 is 0 Å². The maximum atomic E-state index is 10.0.